The van der Waals surface area contributed by atoms with Crippen LogP contribution in [0.25, 0.3) is 0 Å². The molecule has 2 nitrogen and oxygen atoms in total. The molecule has 1 N–H and O–H groups in total. The number of ether oxygens (including phenoxy) is 1. The summed E-state index contributed by atoms with van der Waals surface area (Å²) in [6.07, 6.45) is 0.230. The minimum Gasteiger partial charge on any atom is -0.380 e. The first kappa shape index (κ1) is 13.2. The van der Waals surface area contributed by atoms with Gasteiger partial charge in [-0.15, -0.1) is 0 Å². The van der Waals surface area contributed by atoms with E-state index in [1.165, 1.54) is 11.1 Å². The van der Waals surface area contributed by atoms with Crippen LogP contribution in [0.15, 0.2) is 24.3 Å². The highest BCUT2D eigenvalue weighted by Gasteiger charge is 2.14. The summed E-state index contributed by atoms with van der Waals surface area (Å²) in [7, 11) is 1.75. The molecule has 0 fully saturated rings. The Morgan fingerprint density at radius 3 is 2.12 bits per heavy atom. The van der Waals surface area contributed by atoms with E-state index in [1.54, 1.807) is 7.11 Å². The molecule has 16 heavy (non-hydrogen) atoms. The maximum atomic E-state index is 5.31. The predicted molar refractivity (Wildman–Crippen MR) is 68.7 cm³/mol. The second-order valence-electron chi connectivity index (χ2n) is 4.53. The fraction of sp³-hybridized carbons (Fsp3) is 0.571. The Bertz CT molecular complexity index is 307. The van der Waals surface area contributed by atoms with Gasteiger partial charge in [0.15, 0.2) is 0 Å². The number of hydrogen-bond donors (Lipinski definition) is 1. The van der Waals surface area contributed by atoms with E-state index in [0.717, 1.165) is 0 Å². The van der Waals surface area contributed by atoms with Crippen molar-refractivity contribution in [2.45, 2.75) is 45.9 Å². The first-order chi connectivity index (χ1) is 7.54. The van der Waals surface area contributed by atoms with Crippen molar-refractivity contribution in [1.82, 2.24) is 5.32 Å². The van der Waals surface area contributed by atoms with E-state index in [9.17, 15) is 0 Å². The van der Waals surface area contributed by atoms with Crippen LogP contribution in [0.5, 0.6) is 0 Å². The molecule has 0 amide bonds. The molecule has 2 heteroatoms. The van der Waals surface area contributed by atoms with Gasteiger partial charge in [0.1, 0.15) is 0 Å². The minimum absolute atomic E-state index is 0.230. The number of benzene rings is 1. The molecule has 0 bridgehead atoms. The molecule has 0 spiro atoms. The third-order valence-electron chi connectivity index (χ3n) is 3.17. The van der Waals surface area contributed by atoms with Crippen molar-refractivity contribution in [3.63, 3.8) is 0 Å². The maximum absolute atomic E-state index is 5.31. The van der Waals surface area contributed by atoms with Gasteiger partial charge in [-0.05, 0) is 33.3 Å². The topological polar surface area (TPSA) is 21.3 Å². The van der Waals surface area contributed by atoms with E-state index < -0.39 is 0 Å². The van der Waals surface area contributed by atoms with Crippen molar-refractivity contribution < 1.29 is 4.74 Å². The SMILES string of the molecule is COC(C)C(C)N[C@H](C)c1ccc(C)cc1. The molecule has 0 saturated carbocycles. The second kappa shape index (κ2) is 6.02. The summed E-state index contributed by atoms with van der Waals surface area (Å²) in [5, 5.41) is 3.54. The van der Waals surface area contributed by atoms with Gasteiger partial charge in [-0.3, -0.25) is 0 Å². The molecule has 90 valence electrons. The molecular formula is C14H23NO. The summed E-state index contributed by atoms with van der Waals surface area (Å²) in [4.78, 5) is 0. The van der Waals surface area contributed by atoms with Gasteiger partial charge in [-0.1, -0.05) is 29.8 Å². The summed E-state index contributed by atoms with van der Waals surface area (Å²) in [5.41, 5.74) is 2.62. The van der Waals surface area contributed by atoms with Crippen molar-refractivity contribution in [3.05, 3.63) is 35.4 Å². The maximum Gasteiger partial charge on any atom is 0.0693 e. The summed E-state index contributed by atoms with van der Waals surface area (Å²) in [6, 6.07) is 9.36. The first-order valence-corrected chi connectivity index (χ1v) is 5.90. The van der Waals surface area contributed by atoms with Gasteiger partial charge < -0.3 is 10.1 Å². The van der Waals surface area contributed by atoms with Crippen molar-refractivity contribution in [2.75, 3.05) is 7.11 Å². The fourth-order valence-corrected chi connectivity index (χ4v) is 1.69. The Kier molecular flexibility index (Phi) is 4.97. The van der Waals surface area contributed by atoms with E-state index in [1.807, 2.05) is 0 Å². The highest BCUT2D eigenvalue weighted by Crippen LogP contribution is 2.14. The van der Waals surface area contributed by atoms with Gasteiger partial charge in [-0.2, -0.15) is 0 Å². The van der Waals surface area contributed by atoms with E-state index in [4.69, 9.17) is 4.74 Å². The van der Waals surface area contributed by atoms with Gasteiger partial charge in [-0.25, -0.2) is 0 Å². The number of aryl methyl sites for hydroxylation is 1. The lowest BCUT2D eigenvalue weighted by Gasteiger charge is -2.24. The lowest BCUT2D eigenvalue weighted by atomic mass is 10.0. The number of rotatable bonds is 5. The summed E-state index contributed by atoms with van der Waals surface area (Å²) in [6.45, 7) is 8.53. The molecule has 0 heterocycles. The van der Waals surface area contributed by atoms with Crippen molar-refractivity contribution >= 4 is 0 Å². The van der Waals surface area contributed by atoms with Crippen LogP contribution in [0.4, 0.5) is 0 Å². The molecular weight excluding hydrogens is 198 g/mol. The van der Waals surface area contributed by atoms with Crippen molar-refractivity contribution in [1.29, 1.82) is 0 Å². The molecule has 1 aromatic carbocycles. The Hall–Kier alpha value is -0.860. The largest absolute Gasteiger partial charge is 0.380 e. The molecule has 0 radical (unpaired) electrons. The van der Waals surface area contributed by atoms with Crippen molar-refractivity contribution in [2.24, 2.45) is 0 Å². The molecule has 2 unspecified atom stereocenters. The average Bonchev–Trinajstić information content (AvgIpc) is 2.28. The van der Waals surface area contributed by atoms with Crippen LogP contribution in [-0.4, -0.2) is 19.3 Å². The predicted octanol–water partition coefficient (Wildman–Crippen LogP) is 3.07. The second-order valence-corrected chi connectivity index (χ2v) is 4.53. The van der Waals surface area contributed by atoms with Crippen molar-refractivity contribution in [3.8, 4) is 0 Å². The highest BCUT2D eigenvalue weighted by atomic mass is 16.5. The molecule has 0 aliphatic carbocycles. The zero-order valence-corrected chi connectivity index (χ0v) is 10.9. The quantitative estimate of drug-likeness (QED) is 0.825. The molecule has 1 rings (SSSR count). The van der Waals surface area contributed by atoms with E-state index >= 15 is 0 Å². The number of methoxy groups -OCH3 is 1. The summed E-state index contributed by atoms with van der Waals surface area (Å²) >= 11 is 0. The lowest BCUT2D eigenvalue weighted by Crippen LogP contribution is -2.38. The van der Waals surface area contributed by atoms with Gasteiger partial charge in [0, 0.05) is 19.2 Å². The highest BCUT2D eigenvalue weighted by molar-refractivity contribution is 5.23. The monoisotopic (exact) mass is 221 g/mol. The normalized spacial score (nSPS) is 16.8. The minimum atomic E-state index is 0.230. The van der Waals surface area contributed by atoms with Crippen LogP contribution in [0.1, 0.15) is 37.9 Å². The molecule has 0 aliphatic rings. The Labute approximate surface area is 99.0 Å². The molecule has 0 saturated heterocycles. The number of hydrogen-bond acceptors (Lipinski definition) is 2. The van der Waals surface area contributed by atoms with Gasteiger partial charge in [0.2, 0.25) is 0 Å². The van der Waals surface area contributed by atoms with Crippen LogP contribution in [-0.2, 0) is 4.74 Å². The van der Waals surface area contributed by atoms with Gasteiger partial charge in [0.25, 0.3) is 0 Å². The Morgan fingerprint density at radius 2 is 1.62 bits per heavy atom. The summed E-state index contributed by atoms with van der Waals surface area (Å²) < 4.78 is 5.31. The summed E-state index contributed by atoms with van der Waals surface area (Å²) in [5.74, 6) is 0. The third-order valence-corrected chi connectivity index (χ3v) is 3.17. The lowest BCUT2D eigenvalue weighted by molar-refractivity contribution is 0.0852. The molecule has 0 aromatic heterocycles. The van der Waals surface area contributed by atoms with E-state index in [-0.39, 0.29) is 6.10 Å². The zero-order valence-electron chi connectivity index (χ0n) is 10.9. The third kappa shape index (κ3) is 3.62. The molecule has 3 atom stereocenters. The van der Waals surface area contributed by atoms with Gasteiger partial charge >= 0.3 is 0 Å². The van der Waals surface area contributed by atoms with E-state index in [2.05, 4.69) is 57.3 Å². The average molecular weight is 221 g/mol. The smallest absolute Gasteiger partial charge is 0.0693 e. The molecule has 0 aliphatic heterocycles. The van der Waals surface area contributed by atoms with E-state index in [0.29, 0.717) is 12.1 Å². The Morgan fingerprint density at radius 1 is 1.06 bits per heavy atom. The fourth-order valence-electron chi connectivity index (χ4n) is 1.69. The standard InChI is InChI=1S/C14H23NO/c1-10-6-8-14(9-7-10)12(3)15-11(2)13(4)16-5/h6-9,11-13,15H,1-5H3/t11?,12-,13?/m1/s1. The van der Waals surface area contributed by atoms with Crippen LogP contribution >= 0.6 is 0 Å². The van der Waals surface area contributed by atoms with Crippen LogP contribution in [0.3, 0.4) is 0 Å². The zero-order chi connectivity index (χ0) is 12.1. The van der Waals surface area contributed by atoms with Crippen LogP contribution in [0.2, 0.25) is 0 Å². The molecule has 1 aromatic rings. The van der Waals surface area contributed by atoms with Crippen LogP contribution in [0, 0.1) is 6.92 Å². The number of nitrogens with one attached hydrogen (secondary N) is 1. The van der Waals surface area contributed by atoms with Crippen LogP contribution < -0.4 is 5.32 Å². The van der Waals surface area contributed by atoms with Gasteiger partial charge in [0.05, 0.1) is 6.10 Å². The first-order valence-electron chi connectivity index (χ1n) is 5.90. The Balaban J connectivity index is 2.58.